The van der Waals surface area contributed by atoms with Crippen molar-refractivity contribution in [2.24, 2.45) is 5.41 Å². The van der Waals surface area contributed by atoms with Crippen molar-refractivity contribution >= 4 is 5.91 Å². The van der Waals surface area contributed by atoms with Gasteiger partial charge in [0, 0.05) is 24.7 Å². The SMILES string of the molecule is Cc1cccnc1C(=O)N1CCC(O)C(C)(C)C1. The van der Waals surface area contributed by atoms with Gasteiger partial charge in [0.05, 0.1) is 6.10 Å². The van der Waals surface area contributed by atoms with Crippen LogP contribution < -0.4 is 0 Å². The molecule has 0 saturated carbocycles. The first-order valence-electron chi connectivity index (χ1n) is 6.31. The van der Waals surface area contributed by atoms with Crippen molar-refractivity contribution in [3.8, 4) is 0 Å². The molecule has 0 spiro atoms. The van der Waals surface area contributed by atoms with Crippen LogP contribution in [0.3, 0.4) is 0 Å². The van der Waals surface area contributed by atoms with Gasteiger partial charge in [0.2, 0.25) is 0 Å². The number of hydrogen-bond donors (Lipinski definition) is 1. The van der Waals surface area contributed by atoms with E-state index in [0.29, 0.717) is 25.2 Å². The molecule has 0 aliphatic carbocycles. The second-order valence-electron chi connectivity index (χ2n) is 5.69. The smallest absolute Gasteiger partial charge is 0.272 e. The van der Waals surface area contributed by atoms with Gasteiger partial charge in [-0.2, -0.15) is 0 Å². The van der Waals surface area contributed by atoms with Crippen LogP contribution in [0.15, 0.2) is 18.3 Å². The summed E-state index contributed by atoms with van der Waals surface area (Å²) < 4.78 is 0. The maximum Gasteiger partial charge on any atom is 0.272 e. The molecular formula is C14H20N2O2. The first-order chi connectivity index (χ1) is 8.42. The molecule has 1 aliphatic heterocycles. The second-order valence-corrected chi connectivity index (χ2v) is 5.69. The van der Waals surface area contributed by atoms with E-state index in [1.54, 1.807) is 11.1 Å². The second kappa shape index (κ2) is 4.69. The molecule has 0 bridgehead atoms. The fraction of sp³-hybridized carbons (Fsp3) is 0.571. The monoisotopic (exact) mass is 248 g/mol. The van der Waals surface area contributed by atoms with E-state index in [-0.39, 0.29) is 17.4 Å². The van der Waals surface area contributed by atoms with Crippen LogP contribution in [-0.2, 0) is 0 Å². The van der Waals surface area contributed by atoms with E-state index in [1.165, 1.54) is 0 Å². The van der Waals surface area contributed by atoms with Gasteiger partial charge in [0.25, 0.3) is 5.91 Å². The number of amides is 1. The van der Waals surface area contributed by atoms with Crippen LogP contribution in [0.4, 0.5) is 0 Å². The van der Waals surface area contributed by atoms with Crippen molar-refractivity contribution in [2.75, 3.05) is 13.1 Å². The number of aromatic nitrogens is 1. The number of rotatable bonds is 1. The van der Waals surface area contributed by atoms with Gasteiger partial charge in [-0.25, -0.2) is 0 Å². The summed E-state index contributed by atoms with van der Waals surface area (Å²) >= 11 is 0. The van der Waals surface area contributed by atoms with E-state index in [4.69, 9.17) is 0 Å². The minimum atomic E-state index is -0.341. The number of aliphatic hydroxyl groups excluding tert-OH is 1. The first kappa shape index (κ1) is 13.0. The molecule has 1 N–H and O–H groups in total. The van der Waals surface area contributed by atoms with Crippen LogP contribution in [0.5, 0.6) is 0 Å². The molecule has 2 heterocycles. The van der Waals surface area contributed by atoms with Gasteiger partial charge >= 0.3 is 0 Å². The molecule has 0 radical (unpaired) electrons. The number of nitrogens with zero attached hydrogens (tertiary/aromatic N) is 2. The Hall–Kier alpha value is -1.42. The summed E-state index contributed by atoms with van der Waals surface area (Å²) in [5.41, 5.74) is 1.16. The third kappa shape index (κ3) is 2.38. The molecule has 1 unspecified atom stereocenters. The van der Waals surface area contributed by atoms with Gasteiger partial charge in [-0.05, 0) is 25.0 Å². The van der Waals surface area contributed by atoms with Gasteiger partial charge in [-0.1, -0.05) is 19.9 Å². The van der Waals surface area contributed by atoms with E-state index >= 15 is 0 Å². The predicted molar refractivity (Wildman–Crippen MR) is 69.3 cm³/mol. The highest BCUT2D eigenvalue weighted by molar-refractivity contribution is 5.93. The maximum atomic E-state index is 12.4. The summed E-state index contributed by atoms with van der Waals surface area (Å²) in [5.74, 6) is -0.0342. The van der Waals surface area contributed by atoms with Crippen LogP contribution in [0.25, 0.3) is 0 Å². The van der Waals surface area contributed by atoms with Crippen molar-refractivity contribution in [3.63, 3.8) is 0 Å². The number of likely N-dealkylation sites (tertiary alicyclic amines) is 1. The summed E-state index contributed by atoms with van der Waals surface area (Å²) in [7, 11) is 0. The molecule has 2 rings (SSSR count). The van der Waals surface area contributed by atoms with Crippen molar-refractivity contribution in [1.29, 1.82) is 0 Å². The van der Waals surface area contributed by atoms with Crippen molar-refractivity contribution < 1.29 is 9.90 Å². The molecule has 1 atom stereocenters. The van der Waals surface area contributed by atoms with E-state index < -0.39 is 0 Å². The van der Waals surface area contributed by atoms with Gasteiger partial charge in [0.15, 0.2) is 0 Å². The lowest BCUT2D eigenvalue weighted by Gasteiger charge is -2.41. The molecule has 1 saturated heterocycles. The summed E-state index contributed by atoms with van der Waals surface area (Å²) in [6, 6.07) is 3.72. The third-order valence-electron chi connectivity index (χ3n) is 3.67. The van der Waals surface area contributed by atoms with E-state index in [9.17, 15) is 9.90 Å². The first-order valence-corrected chi connectivity index (χ1v) is 6.31. The molecule has 4 heteroatoms. The Morgan fingerprint density at radius 3 is 2.89 bits per heavy atom. The normalized spacial score (nSPS) is 22.9. The third-order valence-corrected chi connectivity index (χ3v) is 3.67. The molecule has 0 aromatic carbocycles. The minimum Gasteiger partial charge on any atom is -0.392 e. The van der Waals surface area contributed by atoms with E-state index in [1.807, 2.05) is 32.9 Å². The van der Waals surface area contributed by atoms with Crippen LogP contribution in [0.1, 0.15) is 36.3 Å². The number of aliphatic hydroxyl groups is 1. The zero-order valence-electron chi connectivity index (χ0n) is 11.2. The van der Waals surface area contributed by atoms with Gasteiger partial charge in [0.1, 0.15) is 5.69 Å². The van der Waals surface area contributed by atoms with Crippen LogP contribution in [-0.4, -0.2) is 40.1 Å². The lowest BCUT2D eigenvalue weighted by Crippen LogP contribution is -2.50. The Labute approximate surface area is 108 Å². The van der Waals surface area contributed by atoms with Crippen LogP contribution in [0, 0.1) is 12.3 Å². The van der Waals surface area contributed by atoms with Gasteiger partial charge in [-0.3, -0.25) is 9.78 Å². The average molecular weight is 248 g/mol. The van der Waals surface area contributed by atoms with E-state index in [2.05, 4.69) is 4.98 Å². The molecule has 1 amide bonds. The number of carbonyl (C=O) groups is 1. The molecule has 1 fully saturated rings. The zero-order valence-corrected chi connectivity index (χ0v) is 11.2. The molecule has 1 aromatic heterocycles. The van der Waals surface area contributed by atoms with Gasteiger partial charge < -0.3 is 10.0 Å². The number of aryl methyl sites for hydroxylation is 1. The Morgan fingerprint density at radius 2 is 2.28 bits per heavy atom. The fourth-order valence-electron chi connectivity index (χ4n) is 2.38. The van der Waals surface area contributed by atoms with Crippen LogP contribution in [0.2, 0.25) is 0 Å². The number of hydrogen-bond acceptors (Lipinski definition) is 3. The molecule has 4 nitrogen and oxygen atoms in total. The summed E-state index contributed by atoms with van der Waals surface area (Å²) in [6.07, 6.45) is 1.93. The maximum absolute atomic E-state index is 12.4. The number of carbonyl (C=O) groups excluding carboxylic acids is 1. The van der Waals surface area contributed by atoms with Crippen molar-refractivity contribution in [2.45, 2.75) is 33.3 Å². The zero-order chi connectivity index (χ0) is 13.3. The Balaban J connectivity index is 2.18. The number of piperidine rings is 1. The molecule has 1 aliphatic rings. The highest BCUT2D eigenvalue weighted by Gasteiger charge is 2.37. The Morgan fingerprint density at radius 1 is 1.56 bits per heavy atom. The highest BCUT2D eigenvalue weighted by Crippen LogP contribution is 2.29. The summed E-state index contributed by atoms with van der Waals surface area (Å²) in [4.78, 5) is 18.4. The number of pyridine rings is 1. The van der Waals surface area contributed by atoms with Gasteiger partial charge in [-0.15, -0.1) is 0 Å². The summed E-state index contributed by atoms with van der Waals surface area (Å²) in [5, 5.41) is 9.91. The highest BCUT2D eigenvalue weighted by atomic mass is 16.3. The molecular weight excluding hydrogens is 228 g/mol. The van der Waals surface area contributed by atoms with Crippen molar-refractivity contribution in [3.05, 3.63) is 29.6 Å². The molecule has 1 aromatic rings. The quantitative estimate of drug-likeness (QED) is 0.821. The Bertz CT molecular complexity index is 457. The van der Waals surface area contributed by atoms with Crippen molar-refractivity contribution in [1.82, 2.24) is 9.88 Å². The van der Waals surface area contributed by atoms with E-state index in [0.717, 1.165) is 5.56 Å². The predicted octanol–water partition coefficient (Wildman–Crippen LogP) is 1.62. The minimum absolute atomic E-state index is 0.0342. The molecule has 98 valence electrons. The van der Waals surface area contributed by atoms with Crippen LogP contribution >= 0.6 is 0 Å². The summed E-state index contributed by atoms with van der Waals surface area (Å²) in [6.45, 7) is 7.04. The fourth-order valence-corrected chi connectivity index (χ4v) is 2.38. The Kier molecular flexibility index (Phi) is 3.39. The largest absolute Gasteiger partial charge is 0.392 e. The lowest BCUT2D eigenvalue weighted by atomic mass is 9.81. The standard InChI is InChI=1S/C14H20N2O2/c1-10-5-4-7-15-12(10)13(18)16-8-6-11(17)14(2,3)9-16/h4-5,7,11,17H,6,8-9H2,1-3H3. The molecule has 18 heavy (non-hydrogen) atoms. The average Bonchev–Trinajstić information content (AvgIpc) is 2.32. The lowest BCUT2D eigenvalue weighted by molar-refractivity contribution is -0.0184. The topological polar surface area (TPSA) is 53.4 Å².